The maximum Gasteiger partial charge on any atom is 0.244 e. The summed E-state index contributed by atoms with van der Waals surface area (Å²) < 4.78 is 2.18. The normalized spacial score (nSPS) is 21.2. The summed E-state index contributed by atoms with van der Waals surface area (Å²) in [5.74, 6) is 1.11. The molecule has 4 heteroatoms. The fraction of sp³-hybridized carbons (Fsp3) is 0.350. The monoisotopic (exact) mass is 451 g/mol. The van der Waals surface area contributed by atoms with Crippen molar-refractivity contribution >= 4 is 37.8 Å². The second-order valence-electron chi connectivity index (χ2n) is 6.28. The van der Waals surface area contributed by atoms with Gasteiger partial charge in [-0.2, -0.15) is 0 Å². The molecule has 2 nitrogen and oxygen atoms in total. The molecule has 0 radical (unpaired) electrons. The van der Waals surface area contributed by atoms with Crippen LogP contribution >= 0.6 is 31.9 Å². The fourth-order valence-electron chi connectivity index (χ4n) is 2.46. The van der Waals surface area contributed by atoms with Crippen LogP contribution in [0, 0.1) is 5.92 Å². The van der Waals surface area contributed by atoms with Crippen LogP contribution in [0.1, 0.15) is 38.7 Å². The molecule has 0 aromatic heterocycles. The van der Waals surface area contributed by atoms with Crippen molar-refractivity contribution < 1.29 is 4.79 Å². The Hall–Kier alpha value is -1.13. The van der Waals surface area contributed by atoms with E-state index in [-0.39, 0.29) is 5.91 Å². The minimum absolute atomic E-state index is 0.0393. The molecule has 1 fully saturated rings. The van der Waals surface area contributed by atoms with Crippen molar-refractivity contribution in [3.05, 3.63) is 68.2 Å². The molecule has 1 amide bonds. The topological polar surface area (TPSA) is 29.1 Å². The lowest BCUT2D eigenvalue weighted by Crippen LogP contribution is -2.23. The summed E-state index contributed by atoms with van der Waals surface area (Å²) in [5.41, 5.74) is 3.50. The third kappa shape index (κ3) is 5.75. The second-order valence-corrected chi connectivity index (χ2v) is 7.99. The van der Waals surface area contributed by atoms with Gasteiger partial charge in [-0.25, -0.2) is 0 Å². The van der Waals surface area contributed by atoms with E-state index in [1.165, 1.54) is 12.0 Å². The van der Waals surface area contributed by atoms with Crippen molar-refractivity contribution in [3.8, 4) is 0 Å². The zero-order chi connectivity index (χ0) is 17.7. The Balaban J connectivity index is 1.86. The lowest BCUT2D eigenvalue weighted by atomic mass is 10.1. The average Bonchev–Trinajstić information content (AvgIpc) is 3.33. The molecule has 1 N–H and O–H groups in total. The number of benzene rings is 1. The molecule has 0 spiro atoms. The Morgan fingerprint density at radius 2 is 2.04 bits per heavy atom. The SMILES string of the molecule is CC=C(C)CNC(=O)C=C(C)C=CC1CC1c1ccc(Br)c(Br)c1. The highest BCUT2D eigenvalue weighted by atomic mass is 79.9. The summed E-state index contributed by atoms with van der Waals surface area (Å²) in [7, 11) is 0. The van der Waals surface area contributed by atoms with E-state index in [0.29, 0.717) is 18.4 Å². The molecule has 0 aliphatic heterocycles. The van der Waals surface area contributed by atoms with Gasteiger partial charge >= 0.3 is 0 Å². The third-order valence-electron chi connectivity index (χ3n) is 4.21. The fourth-order valence-corrected chi connectivity index (χ4v) is 3.11. The van der Waals surface area contributed by atoms with Crippen LogP contribution in [0.3, 0.4) is 0 Å². The molecular formula is C20H23Br2NO. The van der Waals surface area contributed by atoms with E-state index in [1.54, 1.807) is 6.08 Å². The quantitative estimate of drug-likeness (QED) is 0.325. The van der Waals surface area contributed by atoms with E-state index in [9.17, 15) is 4.79 Å². The molecule has 1 aromatic rings. The zero-order valence-electron chi connectivity index (χ0n) is 14.3. The van der Waals surface area contributed by atoms with Crippen LogP contribution in [0.5, 0.6) is 0 Å². The molecule has 2 rings (SSSR count). The Bertz CT molecular complexity index is 704. The van der Waals surface area contributed by atoms with Crippen molar-refractivity contribution in [2.24, 2.45) is 5.92 Å². The minimum atomic E-state index is -0.0393. The van der Waals surface area contributed by atoms with Crippen LogP contribution in [0.2, 0.25) is 0 Å². The van der Waals surface area contributed by atoms with E-state index in [4.69, 9.17) is 0 Å². The summed E-state index contributed by atoms with van der Waals surface area (Å²) in [5, 5.41) is 2.89. The first-order valence-electron chi connectivity index (χ1n) is 8.11. The van der Waals surface area contributed by atoms with E-state index >= 15 is 0 Å². The number of hydrogen-bond acceptors (Lipinski definition) is 1. The van der Waals surface area contributed by atoms with Crippen molar-refractivity contribution in [1.29, 1.82) is 0 Å². The highest BCUT2D eigenvalue weighted by Crippen LogP contribution is 2.49. The predicted octanol–water partition coefficient (Wildman–Crippen LogP) is 5.90. The van der Waals surface area contributed by atoms with Crippen LogP contribution in [-0.4, -0.2) is 12.5 Å². The highest BCUT2D eigenvalue weighted by Gasteiger charge is 2.36. The number of allylic oxidation sites excluding steroid dienone is 4. The standard InChI is InChI=1S/C20H23Br2NO/c1-4-13(2)12-23-20(24)9-14(3)5-6-15-10-17(15)16-7-8-18(21)19(22)11-16/h4-9,11,15,17H,10,12H2,1-3H3,(H,23,24). The zero-order valence-corrected chi connectivity index (χ0v) is 17.4. The summed E-state index contributed by atoms with van der Waals surface area (Å²) in [4.78, 5) is 11.8. The first kappa shape index (κ1) is 19.2. The molecule has 0 bridgehead atoms. The number of rotatable bonds is 6. The van der Waals surface area contributed by atoms with Crippen LogP contribution in [0.15, 0.2) is 62.6 Å². The van der Waals surface area contributed by atoms with Gasteiger partial charge in [0.2, 0.25) is 5.91 Å². The van der Waals surface area contributed by atoms with Crippen LogP contribution in [-0.2, 0) is 4.79 Å². The van der Waals surface area contributed by atoms with Gasteiger partial charge in [-0.05, 0) is 94.2 Å². The van der Waals surface area contributed by atoms with Gasteiger partial charge in [-0.3, -0.25) is 4.79 Å². The van der Waals surface area contributed by atoms with E-state index in [2.05, 4.69) is 67.5 Å². The predicted molar refractivity (Wildman–Crippen MR) is 108 cm³/mol. The first-order valence-corrected chi connectivity index (χ1v) is 9.70. The Kier molecular flexibility index (Phi) is 7.05. The maximum atomic E-state index is 11.8. The molecule has 2 unspecified atom stereocenters. The molecule has 1 aliphatic rings. The number of halogens is 2. The van der Waals surface area contributed by atoms with Gasteiger partial charge in [0.15, 0.2) is 0 Å². The van der Waals surface area contributed by atoms with E-state index in [0.717, 1.165) is 20.1 Å². The largest absolute Gasteiger partial charge is 0.349 e. The molecule has 2 atom stereocenters. The average molecular weight is 453 g/mol. The molecule has 1 aliphatic carbocycles. The smallest absolute Gasteiger partial charge is 0.244 e. The lowest BCUT2D eigenvalue weighted by Gasteiger charge is -2.02. The molecule has 24 heavy (non-hydrogen) atoms. The van der Waals surface area contributed by atoms with E-state index in [1.807, 2.05) is 26.8 Å². The number of hydrogen-bond donors (Lipinski definition) is 1. The Labute approximate surface area is 161 Å². The van der Waals surface area contributed by atoms with Crippen molar-refractivity contribution in [3.63, 3.8) is 0 Å². The van der Waals surface area contributed by atoms with Gasteiger partial charge in [0.25, 0.3) is 0 Å². The van der Waals surface area contributed by atoms with Gasteiger partial charge in [0.1, 0.15) is 0 Å². The number of amides is 1. The molecule has 0 saturated heterocycles. The molecule has 1 saturated carbocycles. The van der Waals surface area contributed by atoms with Crippen LogP contribution < -0.4 is 5.32 Å². The van der Waals surface area contributed by atoms with Crippen LogP contribution in [0.4, 0.5) is 0 Å². The van der Waals surface area contributed by atoms with Gasteiger partial charge < -0.3 is 5.32 Å². The van der Waals surface area contributed by atoms with Crippen molar-refractivity contribution in [1.82, 2.24) is 5.32 Å². The maximum absolute atomic E-state index is 11.8. The van der Waals surface area contributed by atoms with Gasteiger partial charge in [0.05, 0.1) is 0 Å². The second kappa shape index (κ2) is 8.82. The van der Waals surface area contributed by atoms with Crippen LogP contribution in [0.25, 0.3) is 0 Å². The summed E-state index contributed by atoms with van der Waals surface area (Å²) in [6, 6.07) is 6.44. The van der Waals surface area contributed by atoms with Crippen molar-refractivity contribution in [2.45, 2.75) is 33.1 Å². The van der Waals surface area contributed by atoms with Crippen molar-refractivity contribution in [2.75, 3.05) is 6.54 Å². The molecular weight excluding hydrogens is 430 g/mol. The number of carbonyl (C=O) groups excluding carboxylic acids is 1. The summed E-state index contributed by atoms with van der Waals surface area (Å²) >= 11 is 7.06. The third-order valence-corrected chi connectivity index (χ3v) is 6.09. The lowest BCUT2D eigenvalue weighted by molar-refractivity contribution is -0.116. The summed E-state index contributed by atoms with van der Waals surface area (Å²) in [6.45, 7) is 6.55. The highest BCUT2D eigenvalue weighted by molar-refractivity contribution is 9.13. The number of carbonyl (C=O) groups is 1. The molecule has 128 valence electrons. The minimum Gasteiger partial charge on any atom is -0.349 e. The first-order chi connectivity index (χ1) is 11.4. The van der Waals surface area contributed by atoms with E-state index < -0.39 is 0 Å². The Morgan fingerprint density at radius 1 is 1.29 bits per heavy atom. The van der Waals surface area contributed by atoms with Gasteiger partial charge in [0, 0.05) is 21.6 Å². The Morgan fingerprint density at radius 3 is 2.71 bits per heavy atom. The summed E-state index contributed by atoms with van der Waals surface area (Å²) in [6.07, 6.45) is 9.11. The molecule has 1 aromatic carbocycles. The molecule has 0 heterocycles. The number of nitrogens with one attached hydrogen (secondary N) is 1. The van der Waals surface area contributed by atoms with Gasteiger partial charge in [-0.15, -0.1) is 0 Å². The van der Waals surface area contributed by atoms with Gasteiger partial charge in [-0.1, -0.05) is 29.9 Å².